The Morgan fingerprint density at radius 1 is 1.55 bits per heavy atom. The molecule has 3 nitrogen and oxygen atoms in total. The summed E-state index contributed by atoms with van der Waals surface area (Å²) in [6.45, 7) is 1.36. The quantitative estimate of drug-likeness (QED) is 0.623. The molecule has 0 aromatic carbocycles. The first-order chi connectivity index (χ1) is 5.36. The fraction of sp³-hybridized carbons (Fsp3) is 0.875. The second-order valence-electron chi connectivity index (χ2n) is 3.33. The van der Waals surface area contributed by atoms with Gasteiger partial charge in [-0.25, -0.2) is 0 Å². The highest BCUT2D eigenvalue weighted by Crippen LogP contribution is 2.34. The molecule has 2 rings (SSSR count). The van der Waals surface area contributed by atoms with E-state index in [9.17, 15) is 4.79 Å². The lowest BCUT2D eigenvalue weighted by molar-refractivity contribution is -0.138. The number of morpholine rings is 1. The van der Waals surface area contributed by atoms with Gasteiger partial charge in [0.1, 0.15) is 6.10 Å². The fourth-order valence-corrected chi connectivity index (χ4v) is 1.40. The minimum atomic E-state index is -0.142. The van der Waals surface area contributed by atoms with Crippen LogP contribution in [0.25, 0.3) is 0 Å². The predicted octanol–water partition coefficient (Wildman–Crippen LogP) is 0.301. The number of hydrogen-bond donors (Lipinski definition) is 1. The topological polar surface area (TPSA) is 38.3 Å². The van der Waals surface area contributed by atoms with Crippen molar-refractivity contribution in [1.82, 2.24) is 5.32 Å². The molecule has 0 aromatic heterocycles. The molecule has 2 aliphatic rings. The maximum Gasteiger partial charge on any atom is 0.249 e. The molecule has 0 bridgehead atoms. The van der Waals surface area contributed by atoms with E-state index >= 15 is 0 Å². The molecule has 1 unspecified atom stereocenters. The highest BCUT2D eigenvalue weighted by Gasteiger charge is 2.31. The highest BCUT2D eigenvalue weighted by molar-refractivity contribution is 5.81. The molecule has 1 saturated carbocycles. The van der Waals surface area contributed by atoms with Crippen LogP contribution >= 0.6 is 0 Å². The lowest BCUT2D eigenvalue weighted by Gasteiger charge is -2.22. The molecular weight excluding hydrogens is 142 g/mol. The Kier molecular flexibility index (Phi) is 1.82. The molecule has 0 radical (unpaired) electrons. The minimum absolute atomic E-state index is 0.0863. The van der Waals surface area contributed by atoms with Gasteiger partial charge in [0, 0.05) is 6.54 Å². The second-order valence-corrected chi connectivity index (χ2v) is 3.33. The first-order valence-corrected chi connectivity index (χ1v) is 4.25. The molecule has 1 aliphatic carbocycles. The van der Waals surface area contributed by atoms with Gasteiger partial charge in [0.05, 0.1) is 6.61 Å². The standard InChI is InChI=1S/C8H13NO2/c10-8-7(5-6-1-2-6)11-4-3-9-8/h6-7H,1-5H2,(H,9,10). The summed E-state index contributed by atoms with van der Waals surface area (Å²) in [5.74, 6) is 0.854. The van der Waals surface area contributed by atoms with Gasteiger partial charge in [-0.05, 0) is 12.3 Å². The van der Waals surface area contributed by atoms with Gasteiger partial charge in [-0.2, -0.15) is 0 Å². The van der Waals surface area contributed by atoms with Crippen molar-refractivity contribution in [3.63, 3.8) is 0 Å². The molecular formula is C8H13NO2. The zero-order chi connectivity index (χ0) is 7.68. The molecule has 2 fully saturated rings. The van der Waals surface area contributed by atoms with E-state index in [0.29, 0.717) is 13.2 Å². The van der Waals surface area contributed by atoms with Crippen LogP contribution in [0.15, 0.2) is 0 Å². The van der Waals surface area contributed by atoms with Crippen molar-refractivity contribution in [2.45, 2.75) is 25.4 Å². The Bertz CT molecular complexity index is 165. The normalized spacial score (nSPS) is 31.6. The number of ether oxygens (including phenoxy) is 1. The van der Waals surface area contributed by atoms with Crippen molar-refractivity contribution in [3.8, 4) is 0 Å². The van der Waals surface area contributed by atoms with E-state index in [4.69, 9.17) is 4.74 Å². The van der Waals surface area contributed by atoms with Crippen molar-refractivity contribution in [2.24, 2.45) is 5.92 Å². The van der Waals surface area contributed by atoms with Crippen LogP contribution in [0.1, 0.15) is 19.3 Å². The van der Waals surface area contributed by atoms with E-state index in [1.54, 1.807) is 0 Å². The lowest BCUT2D eigenvalue weighted by atomic mass is 10.1. The van der Waals surface area contributed by atoms with Crippen molar-refractivity contribution >= 4 is 5.91 Å². The van der Waals surface area contributed by atoms with Gasteiger partial charge in [-0.3, -0.25) is 4.79 Å². The smallest absolute Gasteiger partial charge is 0.249 e. The van der Waals surface area contributed by atoms with Crippen LogP contribution in [0.5, 0.6) is 0 Å². The summed E-state index contributed by atoms with van der Waals surface area (Å²) in [6, 6.07) is 0. The number of hydrogen-bond acceptors (Lipinski definition) is 2. The number of carbonyl (C=O) groups is 1. The van der Waals surface area contributed by atoms with E-state index < -0.39 is 0 Å². The first kappa shape index (κ1) is 7.10. The highest BCUT2D eigenvalue weighted by atomic mass is 16.5. The Hall–Kier alpha value is -0.570. The molecule has 1 amide bonds. The molecule has 1 saturated heterocycles. The maximum absolute atomic E-state index is 11.1. The molecule has 1 atom stereocenters. The van der Waals surface area contributed by atoms with E-state index in [-0.39, 0.29) is 12.0 Å². The summed E-state index contributed by atoms with van der Waals surface area (Å²) in [5.41, 5.74) is 0. The van der Waals surface area contributed by atoms with Crippen LogP contribution in [-0.4, -0.2) is 25.2 Å². The number of nitrogens with one attached hydrogen (secondary N) is 1. The largest absolute Gasteiger partial charge is 0.367 e. The third kappa shape index (κ3) is 1.71. The average Bonchev–Trinajstić information content (AvgIpc) is 2.78. The summed E-state index contributed by atoms with van der Waals surface area (Å²) < 4.78 is 5.33. The monoisotopic (exact) mass is 155 g/mol. The minimum Gasteiger partial charge on any atom is -0.367 e. The Labute approximate surface area is 66.1 Å². The SMILES string of the molecule is O=C1NCCOC1CC1CC1. The van der Waals surface area contributed by atoms with Gasteiger partial charge < -0.3 is 10.1 Å². The van der Waals surface area contributed by atoms with Crippen molar-refractivity contribution < 1.29 is 9.53 Å². The summed E-state index contributed by atoms with van der Waals surface area (Å²) in [4.78, 5) is 11.1. The molecule has 62 valence electrons. The molecule has 3 heteroatoms. The molecule has 0 spiro atoms. The average molecular weight is 155 g/mol. The van der Waals surface area contributed by atoms with Gasteiger partial charge in [-0.1, -0.05) is 12.8 Å². The lowest BCUT2D eigenvalue weighted by Crippen LogP contribution is -2.44. The van der Waals surface area contributed by atoms with Gasteiger partial charge >= 0.3 is 0 Å². The van der Waals surface area contributed by atoms with Crippen LogP contribution in [0.4, 0.5) is 0 Å². The van der Waals surface area contributed by atoms with Crippen molar-refractivity contribution in [3.05, 3.63) is 0 Å². The van der Waals surface area contributed by atoms with E-state index in [1.807, 2.05) is 0 Å². The van der Waals surface area contributed by atoms with Crippen LogP contribution in [0.2, 0.25) is 0 Å². The Balaban J connectivity index is 1.83. The van der Waals surface area contributed by atoms with Crippen molar-refractivity contribution in [2.75, 3.05) is 13.2 Å². The van der Waals surface area contributed by atoms with Crippen molar-refractivity contribution in [1.29, 1.82) is 0 Å². The van der Waals surface area contributed by atoms with Gasteiger partial charge in [0.25, 0.3) is 0 Å². The van der Waals surface area contributed by atoms with Crippen LogP contribution in [0, 0.1) is 5.92 Å². The molecule has 11 heavy (non-hydrogen) atoms. The predicted molar refractivity (Wildman–Crippen MR) is 40.1 cm³/mol. The zero-order valence-corrected chi connectivity index (χ0v) is 6.51. The number of rotatable bonds is 2. The van der Waals surface area contributed by atoms with Crippen LogP contribution in [0.3, 0.4) is 0 Å². The second kappa shape index (κ2) is 2.81. The van der Waals surface area contributed by atoms with Crippen LogP contribution in [-0.2, 0) is 9.53 Å². The van der Waals surface area contributed by atoms with E-state index in [2.05, 4.69) is 5.32 Å². The third-order valence-corrected chi connectivity index (χ3v) is 2.26. The summed E-state index contributed by atoms with van der Waals surface area (Å²) in [5, 5.41) is 2.80. The Morgan fingerprint density at radius 3 is 3.00 bits per heavy atom. The summed E-state index contributed by atoms with van der Waals surface area (Å²) >= 11 is 0. The fourth-order valence-electron chi connectivity index (χ4n) is 1.40. The van der Waals surface area contributed by atoms with Gasteiger partial charge in [0.2, 0.25) is 5.91 Å². The summed E-state index contributed by atoms with van der Waals surface area (Å²) in [6.07, 6.45) is 3.36. The maximum atomic E-state index is 11.1. The molecule has 1 aliphatic heterocycles. The zero-order valence-electron chi connectivity index (χ0n) is 6.51. The Morgan fingerprint density at radius 2 is 2.36 bits per heavy atom. The van der Waals surface area contributed by atoms with Crippen LogP contribution < -0.4 is 5.32 Å². The van der Waals surface area contributed by atoms with Gasteiger partial charge in [-0.15, -0.1) is 0 Å². The number of carbonyl (C=O) groups excluding carboxylic acids is 1. The summed E-state index contributed by atoms with van der Waals surface area (Å²) in [7, 11) is 0. The van der Waals surface area contributed by atoms with Gasteiger partial charge in [0.15, 0.2) is 0 Å². The van der Waals surface area contributed by atoms with E-state index in [0.717, 1.165) is 12.3 Å². The molecule has 1 heterocycles. The third-order valence-electron chi connectivity index (χ3n) is 2.26. The number of amides is 1. The molecule has 1 N–H and O–H groups in total. The van der Waals surface area contributed by atoms with E-state index in [1.165, 1.54) is 12.8 Å². The first-order valence-electron chi connectivity index (χ1n) is 4.25. The molecule has 0 aromatic rings.